The van der Waals surface area contributed by atoms with E-state index in [1.165, 1.54) is 6.92 Å². The van der Waals surface area contributed by atoms with Gasteiger partial charge in [0, 0.05) is 5.41 Å². The van der Waals surface area contributed by atoms with E-state index in [9.17, 15) is 4.79 Å². The van der Waals surface area contributed by atoms with Gasteiger partial charge in [0.25, 0.3) is 0 Å². The van der Waals surface area contributed by atoms with E-state index in [0.29, 0.717) is 24.9 Å². The van der Waals surface area contributed by atoms with Crippen molar-refractivity contribution in [2.24, 2.45) is 11.3 Å². The van der Waals surface area contributed by atoms with Gasteiger partial charge in [-0.15, -0.1) is 0 Å². The maximum Gasteiger partial charge on any atom is 0.155 e. The molecular weight excluding hydrogens is 314 g/mol. The molecule has 1 aliphatic carbocycles. The third kappa shape index (κ3) is 5.68. The molecule has 1 aliphatic rings. The zero-order valence-corrected chi connectivity index (χ0v) is 15.5. The minimum atomic E-state index is 0.0124. The Bertz CT molecular complexity index is 671. The van der Waals surface area contributed by atoms with Gasteiger partial charge >= 0.3 is 0 Å². The topological polar surface area (TPSA) is 48.4 Å². The van der Waals surface area contributed by atoms with Crippen molar-refractivity contribution in [3.63, 3.8) is 0 Å². The minimum absolute atomic E-state index is 0.0124. The number of ether oxygens (including phenoxy) is 2. The van der Waals surface area contributed by atoms with E-state index in [4.69, 9.17) is 9.47 Å². The van der Waals surface area contributed by atoms with Gasteiger partial charge in [0.05, 0.1) is 18.5 Å². The second kappa shape index (κ2) is 8.77. The van der Waals surface area contributed by atoms with E-state index in [2.05, 4.69) is 56.1 Å². The molecule has 4 heteroatoms. The maximum absolute atomic E-state index is 10.8. The first-order chi connectivity index (χ1) is 11.9. The van der Waals surface area contributed by atoms with Crippen LogP contribution in [0.3, 0.4) is 0 Å². The van der Waals surface area contributed by atoms with Crippen LogP contribution in [-0.2, 0) is 9.53 Å². The summed E-state index contributed by atoms with van der Waals surface area (Å²) in [5.41, 5.74) is 2.05. The Morgan fingerprint density at radius 2 is 2.04 bits per heavy atom. The summed E-state index contributed by atoms with van der Waals surface area (Å²) in [6.45, 7) is 9.09. The highest BCUT2D eigenvalue weighted by Gasteiger charge is 2.22. The number of carbonyl (C=O) groups is 1. The second-order valence-corrected chi connectivity index (χ2v) is 6.82. The largest absolute Gasteiger partial charge is 0.490 e. The smallest absolute Gasteiger partial charge is 0.155 e. The van der Waals surface area contributed by atoms with E-state index < -0.39 is 0 Å². The Morgan fingerprint density at radius 1 is 1.24 bits per heavy atom. The predicted molar refractivity (Wildman–Crippen MR) is 100 cm³/mol. The molecule has 1 heterocycles. The van der Waals surface area contributed by atoms with Gasteiger partial charge < -0.3 is 9.47 Å². The summed E-state index contributed by atoms with van der Waals surface area (Å²) in [5, 5.41) is 0. The predicted octanol–water partition coefficient (Wildman–Crippen LogP) is 4.24. The molecule has 1 aromatic heterocycles. The fraction of sp³-hybridized carbons (Fsp3) is 0.429. The fourth-order valence-electron chi connectivity index (χ4n) is 2.37. The lowest BCUT2D eigenvalue weighted by molar-refractivity contribution is -0.121. The molecule has 0 saturated carbocycles. The summed E-state index contributed by atoms with van der Waals surface area (Å²) in [5.74, 6) is 1.23. The number of ketones is 1. The molecule has 0 spiro atoms. The Kier molecular flexibility index (Phi) is 6.71. The Balaban J connectivity index is 1.93. The third-order valence-electron chi connectivity index (χ3n) is 4.43. The van der Waals surface area contributed by atoms with Crippen molar-refractivity contribution in [2.45, 2.75) is 27.7 Å². The summed E-state index contributed by atoms with van der Waals surface area (Å²) in [6.07, 6.45) is 12.5. The van der Waals surface area contributed by atoms with Gasteiger partial charge in [-0.2, -0.15) is 0 Å². The number of hydrogen-bond donors (Lipinski definition) is 0. The highest BCUT2D eigenvalue weighted by atomic mass is 16.5. The molecule has 134 valence electrons. The Labute approximate surface area is 150 Å². The number of pyridine rings is 1. The lowest BCUT2D eigenvalue weighted by atomic mass is 9.79. The first-order valence-electron chi connectivity index (χ1n) is 8.66. The second-order valence-electron chi connectivity index (χ2n) is 6.82. The van der Waals surface area contributed by atoms with Crippen LogP contribution in [0.1, 0.15) is 33.4 Å². The van der Waals surface area contributed by atoms with Crippen molar-refractivity contribution < 1.29 is 14.3 Å². The first-order valence-corrected chi connectivity index (χ1v) is 8.66. The zero-order chi connectivity index (χ0) is 18.3. The molecule has 0 bridgehead atoms. The number of hydrogen-bond acceptors (Lipinski definition) is 4. The number of carbonyl (C=O) groups excluding carboxylic acids is 1. The van der Waals surface area contributed by atoms with Gasteiger partial charge in [0.15, 0.2) is 5.78 Å². The lowest BCUT2D eigenvalue weighted by Gasteiger charge is -2.26. The summed E-state index contributed by atoms with van der Waals surface area (Å²) < 4.78 is 10.7. The van der Waals surface area contributed by atoms with Crippen molar-refractivity contribution >= 4 is 11.4 Å². The quantitative estimate of drug-likeness (QED) is 0.664. The number of allylic oxidation sites excluding steroid dienone is 6. The van der Waals surface area contributed by atoms with Crippen LogP contribution >= 0.6 is 0 Å². The summed E-state index contributed by atoms with van der Waals surface area (Å²) >= 11 is 0. The van der Waals surface area contributed by atoms with Gasteiger partial charge in [-0.05, 0) is 30.5 Å². The fourth-order valence-corrected chi connectivity index (χ4v) is 2.37. The molecule has 0 aromatic carbocycles. The van der Waals surface area contributed by atoms with Gasteiger partial charge in [-0.25, -0.2) is 0 Å². The molecule has 4 nitrogen and oxygen atoms in total. The molecule has 2 rings (SSSR count). The van der Waals surface area contributed by atoms with Crippen LogP contribution in [0.15, 0.2) is 48.7 Å². The van der Waals surface area contributed by atoms with E-state index in [1.807, 2.05) is 12.1 Å². The molecule has 0 radical (unpaired) electrons. The Morgan fingerprint density at radius 3 is 2.68 bits per heavy atom. The highest BCUT2D eigenvalue weighted by molar-refractivity contribution is 5.76. The summed E-state index contributed by atoms with van der Waals surface area (Å²) in [4.78, 5) is 15.3. The molecule has 0 N–H and O–H groups in total. The van der Waals surface area contributed by atoms with E-state index in [1.54, 1.807) is 6.20 Å². The Hall–Kier alpha value is -2.20. The molecule has 0 aliphatic heterocycles. The monoisotopic (exact) mass is 341 g/mol. The van der Waals surface area contributed by atoms with Crippen LogP contribution < -0.4 is 4.74 Å². The molecule has 0 amide bonds. The van der Waals surface area contributed by atoms with Crippen LogP contribution in [0.25, 0.3) is 5.57 Å². The van der Waals surface area contributed by atoms with E-state index >= 15 is 0 Å². The standard InChI is InChI=1S/C21H27NO3/c1-16(2)21(4)10-5-6-18(9-11-21)20-8-7-19(14-22-20)25-13-12-24-15-17(3)23/h5-11,14,16H,12-13,15H2,1-4H3. The number of rotatable bonds is 8. The van der Waals surface area contributed by atoms with Crippen LogP contribution in [0.2, 0.25) is 0 Å². The van der Waals surface area contributed by atoms with Gasteiger partial charge in [-0.1, -0.05) is 51.2 Å². The number of Topliss-reactive ketones (excluding diaryl/α,β-unsaturated/α-hetero) is 1. The first kappa shape index (κ1) is 19.1. The van der Waals surface area contributed by atoms with Crippen LogP contribution in [0, 0.1) is 11.3 Å². The van der Waals surface area contributed by atoms with Gasteiger partial charge in [-0.3, -0.25) is 9.78 Å². The molecule has 25 heavy (non-hydrogen) atoms. The molecule has 1 aromatic rings. The maximum atomic E-state index is 10.8. The molecule has 1 unspecified atom stereocenters. The van der Waals surface area contributed by atoms with Crippen molar-refractivity contribution in [3.05, 3.63) is 54.4 Å². The SMILES string of the molecule is CC(=O)COCCOc1ccc(C2=CC=CC(C)(C(C)C)C=C2)nc1. The van der Waals surface area contributed by atoms with Gasteiger partial charge in [0.2, 0.25) is 0 Å². The van der Waals surface area contributed by atoms with Gasteiger partial charge in [0.1, 0.15) is 19.0 Å². The number of aromatic nitrogens is 1. The summed E-state index contributed by atoms with van der Waals surface area (Å²) in [6, 6.07) is 3.85. The zero-order valence-electron chi connectivity index (χ0n) is 15.5. The van der Waals surface area contributed by atoms with Crippen molar-refractivity contribution in [2.75, 3.05) is 19.8 Å². The van der Waals surface area contributed by atoms with Crippen LogP contribution in [0.5, 0.6) is 5.75 Å². The molecule has 1 atom stereocenters. The molecular formula is C21H27NO3. The van der Waals surface area contributed by atoms with E-state index in [0.717, 1.165) is 11.3 Å². The van der Waals surface area contributed by atoms with Crippen molar-refractivity contribution in [1.29, 1.82) is 0 Å². The van der Waals surface area contributed by atoms with E-state index in [-0.39, 0.29) is 17.8 Å². The highest BCUT2D eigenvalue weighted by Crippen LogP contribution is 2.33. The number of nitrogens with zero attached hydrogens (tertiary/aromatic N) is 1. The lowest BCUT2D eigenvalue weighted by Crippen LogP contribution is -2.17. The van der Waals surface area contributed by atoms with Crippen molar-refractivity contribution in [1.82, 2.24) is 4.98 Å². The third-order valence-corrected chi connectivity index (χ3v) is 4.43. The molecule has 0 fully saturated rings. The average molecular weight is 341 g/mol. The summed E-state index contributed by atoms with van der Waals surface area (Å²) in [7, 11) is 0. The minimum Gasteiger partial charge on any atom is -0.490 e. The molecule has 0 saturated heterocycles. The normalized spacial score (nSPS) is 19.6. The van der Waals surface area contributed by atoms with Crippen LogP contribution in [0.4, 0.5) is 0 Å². The van der Waals surface area contributed by atoms with Crippen molar-refractivity contribution in [3.8, 4) is 5.75 Å². The average Bonchev–Trinajstić information content (AvgIpc) is 2.78. The van der Waals surface area contributed by atoms with Crippen LogP contribution in [-0.4, -0.2) is 30.6 Å².